The molecule has 2 aromatic carbocycles. The Morgan fingerprint density at radius 2 is 1.63 bits per heavy atom. The summed E-state index contributed by atoms with van der Waals surface area (Å²) in [5.41, 5.74) is 1.02. The van der Waals surface area contributed by atoms with Crippen LogP contribution < -0.4 is 0 Å². The topological polar surface area (TPSA) is 34.1 Å². The molecule has 1 aromatic heterocycles. The van der Waals surface area contributed by atoms with E-state index in [4.69, 9.17) is 10.7 Å². The van der Waals surface area contributed by atoms with Crippen LogP contribution in [0, 0.1) is 0 Å². The molecule has 0 saturated carbocycles. The van der Waals surface area contributed by atoms with Crippen LogP contribution in [0.4, 0.5) is 0 Å². The average molecular weight is 309 g/mol. The zero-order valence-electron chi connectivity index (χ0n) is 9.71. The molecule has 3 aromatic rings. The molecule has 0 spiro atoms. The van der Waals surface area contributed by atoms with Gasteiger partial charge in [-0.1, -0.05) is 42.5 Å². The standard InChI is InChI=1S/C14H9ClO2S2/c15-19(16,17)14-9-8-13(18-14)12-7-3-5-10-4-1-2-6-11(10)12/h1-9H. The van der Waals surface area contributed by atoms with E-state index in [1.54, 1.807) is 12.1 Å². The quantitative estimate of drug-likeness (QED) is 0.653. The van der Waals surface area contributed by atoms with Crippen LogP contribution >= 0.6 is 22.0 Å². The molecule has 2 nitrogen and oxygen atoms in total. The lowest BCUT2D eigenvalue weighted by atomic mass is 10.0. The Labute approximate surface area is 119 Å². The number of rotatable bonds is 2. The van der Waals surface area contributed by atoms with Crippen molar-refractivity contribution in [3.63, 3.8) is 0 Å². The minimum Gasteiger partial charge on any atom is -0.206 e. The van der Waals surface area contributed by atoms with Gasteiger partial charge < -0.3 is 0 Å². The minimum atomic E-state index is -3.65. The molecule has 5 heteroatoms. The molecule has 0 fully saturated rings. The Kier molecular flexibility index (Phi) is 3.09. The maximum absolute atomic E-state index is 11.3. The Balaban J connectivity index is 2.23. The monoisotopic (exact) mass is 308 g/mol. The van der Waals surface area contributed by atoms with Crippen LogP contribution in [0.2, 0.25) is 0 Å². The highest BCUT2D eigenvalue weighted by atomic mass is 35.7. The molecule has 96 valence electrons. The van der Waals surface area contributed by atoms with E-state index in [2.05, 4.69) is 0 Å². The summed E-state index contributed by atoms with van der Waals surface area (Å²) in [6.45, 7) is 0. The van der Waals surface area contributed by atoms with Crippen molar-refractivity contribution in [2.75, 3.05) is 0 Å². The van der Waals surface area contributed by atoms with Crippen molar-refractivity contribution in [1.82, 2.24) is 0 Å². The summed E-state index contributed by atoms with van der Waals surface area (Å²) in [4.78, 5) is 0.899. The van der Waals surface area contributed by atoms with Gasteiger partial charge >= 0.3 is 0 Å². The second-order valence-electron chi connectivity index (χ2n) is 4.08. The lowest BCUT2D eigenvalue weighted by Gasteiger charge is -2.03. The van der Waals surface area contributed by atoms with Crippen LogP contribution in [-0.4, -0.2) is 8.42 Å². The first-order valence-corrected chi connectivity index (χ1v) is 8.71. The number of thiophene rings is 1. The third kappa shape index (κ3) is 2.39. The second kappa shape index (κ2) is 4.63. The van der Waals surface area contributed by atoms with E-state index < -0.39 is 9.05 Å². The number of hydrogen-bond donors (Lipinski definition) is 0. The van der Waals surface area contributed by atoms with E-state index in [0.29, 0.717) is 0 Å². The van der Waals surface area contributed by atoms with Gasteiger partial charge in [-0.05, 0) is 28.5 Å². The Hall–Kier alpha value is -1.36. The van der Waals surface area contributed by atoms with Gasteiger partial charge in [-0.3, -0.25) is 0 Å². The molecule has 0 unspecified atom stereocenters. The maximum atomic E-state index is 11.3. The smallest absolute Gasteiger partial charge is 0.206 e. The fraction of sp³-hybridized carbons (Fsp3) is 0. The van der Waals surface area contributed by atoms with Crippen molar-refractivity contribution >= 4 is 41.8 Å². The van der Waals surface area contributed by atoms with Gasteiger partial charge in [0, 0.05) is 15.6 Å². The van der Waals surface area contributed by atoms with Crippen LogP contribution in [0.15, 0.2) is 58.8 Å². The number of hydrogen-bond acceptors (Lipinski definition) is 3. The molecule has 19 heavy (non-hydrogen) atoms. The van der Waals surface area contributed by atoms with Gasteiger partial charge in [-0.25, -0.2) is 8.42 Å². The number of benzene rings is 2. The van der Waals surface area contributed by atoms with Gasteiger partial charge in [0.05, 0.1) is 0 Å². The highest BCUT2D eigenvalue weighted by Gasteiger charge is 2.14. The number of fused-ring (bicyclic) bond motifs is 1. The molecule has 0 N–H and O–H groups in total. The van der Waals surface area contributed by atoms with Crippen molar-refractivity contribution in [3.8, 4) is 10.4 Å². The van der Waals surface area contributed by atoms with Crippen molar-refractivity contribution < 1.29 is 8.42 Å². The zero-order chi connectivity index (χ0) is 13.5. The van der Waals surface area contributed by atoms with Gasteiger partial charge in [0.1, 0.15) is 4.21 Å². The Morgan fingerprint density at radius 1 is 0.895 bits per heavy atom. The van der Waals surface area contributed by atoms with Gasteiger partial charge in [0.25, 0.3) is 9.05 Å². The largest absolute Gasteiger partial charge is 0.270 e. The van der Waals surface area contributed by atoms with Crippen LogP contribution in [0.3, 0.4) is 0 Å². The molecule has 0 aliphatic carbocycles. The second-order valence-corrected chi connectivity index (χ2v) is 7.96. The summed E-state index contributed by atoms with van der Waals surface area (Å²) < 4.78 is 22.8. The Morgan fingerprint density at radius 3 is 2.37 bits per heavy atom. The van der Waals surface area contributed by atoms with Crippen molar-refractivity contribution in [2.45, 2.75) is 4.21 Å². The van der Waals surface area contributed by atoms with Gasteiger partial charge in [-0.15, -0.1) is 11.3 Å². The van der Waals surface area contributed by atoms with Crippen molar-refractivity contribution in [1.29, 1.82) is 0 Å². The molecule has 0 amide bonds. The lowest BCUT2D eigenvalue weighted by Crippen LogP contribution is -1.83. The van der Waals surface area contributed by atoms with Crippen LogP contribution in [0.1, 0.15) is 0 Å². The van der Waals surface area contributed by atoms with Crippen molar-refractivity contribution in [2.24, 2.45) is 0 Å². The molecular weight excluding hydrogens is 300 g/mol. The van der Waals surface area contributed by atoms with E-state index in [-0.39, 0.29) is 4.21 Å². The third-order valence-electron chi connectivity index (χ3n) is 2.88. The minimum absolute atomic E-state index is 0.178. The van der Waals surface area contributed by atoms with Crippen LogP contribution in [-0.2, 0) is 9.05 Å². The fourth-order valence-electron chi connectivity index (χ4n) is 2.04. The Bertz CT molecular complexity index is 845. The zero-order valence-corrected chi connectivity index (χ0v) is 12.1. The summed E-state index contributed by atoms with van der Waals surface area (Å²) in [6.07, 6.45) is 0. The van der Waals surface area contributed by atoms with Gasteiger partial charge in [0.2, 0.25) is 0 Å². The summed E-state index contributed by atoms with van der Waals surface area (Å²) in [7, 11) is 1.71. The van der Waals surface area contributed by atoms with Gasteiger partial charge in [-0.2, -0.15) is 0 Å². The van der Waals surface area contributed by atoms with E-state index >= 15 is 0 Å². The molecule has 0 bridgehead atoms. The van der Waals surface area contributed by atoms with Gasteiger partial charge in [0.15, 0.2) is 0 Å². The maximum Gasteiger partial charge on any atom is 0.270 e. The molecule has 0 aliphatic rings. The SMILES string of the molecule is O=S(=O)(Cl)c1ccc(-c2cccc3ccccc23)s1. The van der Waals surface area contributed by atoms with E-state index in [1.165, 1.54) is 11.3 Å². The molecular formula is C14H9ClO2S2. The third-order valence-corrected chi connectivity index (χ3v) is 6.09. The first-order chi connectivity index (χ1) is 9.05. The highest BCUT2D eigenvalue weighted by molar-refractivity contribution is 8.15. The summed E-state index contributed by atoms with van der Waals surface area (Å²) >= 11 is 1.19. The molecule has 3 rings (SSSR count). The molecule has 0 aliphatic heterocycles. The predicted octanol–water partition coefficient (Wildman–Crippen LogP) is 4.50. The van der Waals surface area contributed by atoms with E-state index in [1.807, 2.05) is 42.5 Å². The average Bonchev–Trinajstić information content (AvgIpc) is 2.87. The van der Waals surface area contributed by atoms with Crippen molar-refractivity contribution in [3.05, 3.63) is 54.6 Å². The normalized spacial score (nSPS) is 11.8. The van der Waals surface area contributed by atoms with E-state index in [0.717, 1.165) is 21.2 Å². The lowest BCUT2D eigenvalue weighted by molar-refractivity contribution is 0.611. The van der Waals surface area contributed by atoms with E-state index in [9.17, 15) is 8.42 Å². The first-order valence-electron chi connectivity index (χ1n) is 5.58. The molecule has 0 radical (unpaired) electrons. The highest BCUT2D eigenvalue weighted by Crippen LogP contribution is 2.36. The molecule has 0 atom stereocenters. The molecule has 0 saturated heterocycles. The first kappa shape index (κ1) is 12.7. The predicted molar refractivity (Wildman–Crippen MR) is 80.3 cm³/mol. The summed E-state index contributed by atoms with van der Waals surface area (Å²) in [6, 6.07) is 17.3. The number of halogens is 1. The fourth-order valence-corrected chi connectivity index (χ4v) is 4.15. The van der Waals surface area contributed by atoms with Crippen LogP contribution in [0.5, 0.6) is 0 Å². The summed E-state index contributed by atoms with van der Waals surface area (Å²) in [5.74, 6) is 0. The summed E-state index contributed by atoms with van der Waals surface area (Å²) in [5, 5.41) is 2.23. The molecule has 1 heterocycles. The van der Waals surface area contributed by atoms with Crippen LogP contribution in [0.25, 0.3) is 21.2 Å².